The molecular formula is C25H29NO6. The van der Waals surface area contributed by atoms with Crippen molar-refractivity contribution in [3.05, 3.63) is 41.5 Å². The van der Waals surface area contributed by atoms with E-state index in [9.17, 15) is 9.59 Å². The molecule has 2 aromatic carbocycles. The van der Waals surface area contributed by atoms with Crippen LogP contribution in [0.5, 0.6) is 17.2 Å². The maximum Gasteiger partial charge on any atom is 0.407 e. The van der Waals surface area contributed by atoms with Crippen LogP contribution in [0.15, 0.2) is 30.3 Å². The van der Waals surface area contributed by atoms with Crippen LogP contribution in [0.1, 0.15) is 42.1 Å². The van der Waals surface area contributed by atoms with Gasteiger partial charge in [-0.1, -0.05) is 18.2 Å². The predicted octanol–water partition coefficient (Wildman–Crippen LogP) is 4.40. The highest BCUT2D eigenvalue weighted by Crippen LogP contribution is 2.47. The average Bonchev–Trinajstić information content (AvgIpc) is 3.58. The zero-order valence-electron chi connectivity index (χ0n) is 18.7. The number of amides is 1. The zero-order chi connectivity index (χ0) is 22.7. The fraction of sp³-hybridized carbons (Fsp3) is 0.440. The molecule has 7 heteroatoms. The molecule has 4 rings (SSSR count). The molecular weight excluding hydrogens is 410 g/mol. The number of ether oxygens (including phenoxy) is 4. The molecule has 0 radical (unpaired) electrons. The highest BCUT2D eigenvalue weighted by atomic mass is 16.6. The van der Waals surface area contributed by atoms with Crippen LogP contribution in [-0.4, -0.2) is 45.4 Å². The van der Waals surface area contributed by atoms with Crippen molar-refractivity contribution in [1.29, 1.82) is 0 Å². The minimum Gasteiger partial charge on any atom is -0.493 e. The van der Waals surface area contributed by atoms with Gasteiger partial charge in [0.25, 0.3) is 0 Å². The number of hydrogen-bond acceptors (Lipinski definition) is 6. The lowest BCUT2D eigenvalue weighted by Gasteiger charge is -2.22. The Kier molecular flexibility index (Phi) is 6.53. The van der Waals surface area contributed by atoms with Crippen molar-refractivity contribution in [2.24, 2.45) is 5.92 Å². The molecule has 2 aliphatic rings. The van der Waals surface area contributed by atoms with Gasteiger partial charge in [0.1, 0.15) is 12.7 Å². The van der Waals surface area contributed by atoms with E-state index < -0.39 is 6.09 Å². The van der Waals surface area contributed by atoms with Gasteiger partial charge in [-0.15, -0.1) is 0 Å². The van der Waals surface area contributed by atoms with E-state index in [1.54, 1.807) is 14.2 Å². The van der Waals surface area contributed by atoms with E-state index in [2.05, 4.69) is 5.32 Å². The van der Waals surface area contributed by atoms with Crippen molar-refractivity contribution in [2.75, 3.05) is 27.4 Å². The third kappa shape index (κ3) is 4.38. The van der Waals surface area contributed by atoms with E-state index in [1.807, 2.05) is 37.3 Å². The first-order valence-corrected chi connectivity index (χ1v) is 11.0. The third-order valence-electron chi connectivity index (χ3n) is 5.99. The second kappa shape index (κ2) is 9.51. The minimum atomic E-state index is -0.440. The lowest BCUT2D eigenvalue weighted by atomic mass is 9.95. The number of alkyl carbamates (subject to hydrolysis) is 1. The van der Waals surface area contributed by atoms with Crippen molar-refractivity contribution in [1.82, 2.24) is 5.32 Å². The molecule has 1 N–H and O–H groups in total. The summed E-state index contributed by atoms with van der Waals surface area (Å²) in [6.45, 7) is 2.55. The molecule has 0 heterocycles. The van der Waals surface area contributed by atoms with Gasteiger partial charge in [0, 0.05) is 24.1 Å². The van der Waals surface area contributed by atoms with Gasteiger partial charge in [0.15, 0.2) is 17.3 Å². The van der Waals surface area contributed by atoms with Gasteiger partial charge < -0.3 is 24.3 Å². The zero-order valence-corrected chi connectivity index (χ0v) is 18.7. The van der Waals surface area contributed by atoms with Gasteiger partial charge >= 0.3 is 6.09 Å². The van der Waals surface area contributed by atoms with E-state index >= 15 is 0 Å². The van der Waals surface area contributed by atoms with Gasteiger partial charge in [-0.3, -0.25) is 4.79 Å². The first-order chi connectivity index (χ1) is 15.6. The van der Waals surface area contributed by atoms with Gasteiger partial charge in [-0.25, -0.2) is 4.79 Å². The monoisotopic (exact) mass is 439 g/mol. The normalized spacial score (nSPS) is 15.7. The van der Waals surface area contributed by atoms with Gasteiger partial charge in [-0.05, 0) is 55.4 Å². The van der Waals surface area contributed by atoms with Crippen LogP contribution in [0.25, 0.3) is 11.1 Å². The fourth-order valence-corrected chi connectivity index (χ4v) is 4.22. The van der Waals surface area contributed by atoms with Crippen molar-refractivity contribution < 1.29 is 28.5 Å². The lowest BCUT2D eigenvalue weighted by molar-refractivity contribution is 0.0521. The average molecular weight is 440 g/mol. The highest BCUT2D eigenvalue weighted by Gasteiger charge is 2.35. The van der Waals surface area contributed by atoms with Gasteiger partial charge in [0.05, 0.1) is 14.2 Å². The number of carbonyl (C=O) groups is 2. The Morgan fingerprint density at radius 1 is 1.03 bits per heavy atom. The number of carbonyl (C=O) groups excluding carboxylic acids is 2. The maximum absolute atomic E-state index is 12.3. The van der Waals surface area contributed by atoms with Crippen LogP contribution in [-0.2, 0) is 11.2 Å². The van der Waals surface area contributed by atoms with Crippen molar-refractivity contribution in [3.63, 3.8) is 0 Å². The second-order valence-electron chi connectivity index (χ2n) is 8.06. The van der Waals surface area contributed by atoms with Crippen LogP contribution < -0.4 is 19.5 Å². The summed E-state index contributed by atoms with van der Waals surface area (Å²) in [6, 6.07) is 9.52. The predicted molar refractivity (Wildman–Crippen MR) is 120 cm³/mol. The first-order valence-electron chi connectivity index (χ1n) is 11.0. The number of rotatable bonds is 9. The Morgan fingerprint density at radius 2 is 1.81 bits per heavy atom. The number of fused-ring (bicyclic) bond motifs is 1. The molecule has 1 atom stereocenters. The number of hydrogen-bond donors (Lipinski definition) is 1. The summed E-state index contributed by atoms with van der Waals surface area (Å²) in [5.74, 6) is 1.98. The molecule has 2 aliphatic carbocycles. The summed E-state index contributed by atoms with van der Waals surface area (Å²) in [5.41, 5.74) is 3.55. The molecule has 0 aliphatic heterocycles. The summed E-state index contributed by atoms with van der Waals surface area (Å²) in [7, 11) is 3.14. The van der Waals surface area contributed by atoms with E-state index in [4.69, 9.17) is 18.9 Å². The number of benzene rings is 2. The molecule has 1 amide bonds. The summed E-state index contributed by atoms with van der Waals surface area (Å²) < 4.78 is 23.0. The largest absolute Gasteiger partial charge is 0.493 e. The second-order valence-corrected chi connectivity index (χ2v) is 8.06. The molecule has 1 saturated carbocycles. The molecule has 32 heavy (non-hydrogen) atoms. The Bertz CT molecular complexity index is 1010. The Morgan fingerprint density at radius 3 is 2.50 bits per heavy atom. The summed E-state index contributed by atoms with van der Waals surface area (Å²) in [4.78, 5) is 24.3. The molecule has 0 saturated heterocycles. The summed E-state index contributed by atoms with van der Waals surface area (Å²) in [6.07, 6.45) is 2.43. The van der Waals surface area contributed by atoms with Crippen LogP contribution in [0.3, 0.4) is 0 Å². The maximum atomic E-state index is 12.3. The van der Waals surface area contributed by atoms with Gasteiger partial charge in [0.2, 0.25) is 5.75 Å². The van der Waals surface area contributed by atoms with E-state index in [0.29, 0.717) is 36.6 Å². The first kappa shape index (κ1) is 22.0. The standard InChI is InChI=1S/C25H29NO6/c1-4-26-25(28)32-22(15-8-9-15)14-31-23-19(11-13-21(29-2)24(23)30-3)16-6-5-7-18-17(16)10-12-20(18)27/h5-7,11,13,15,22H,4,8-10,12,14H2,1-3H3,(H,26,28). The molecule has 170 valence electrons. The SMILES string of the molecule is CCNC(=O)OC(COc1c(-c2cccc3c2CCC3=O)ccc(OC)c1OC)C1CC1. The van der Waals surface area contributed by atoms with Crippen molar-refractivity contribution >= 4 is 11.9 Å². The number of methoxy groups -OCH3 is 2. The number of ketones is 1. The summed E-state index contributed by atoms with van der Waals surface area (Å²) in [5, 5.41) is 2.67. The van der Waals surface area contributed by atoms with Gasteiger partial charge in [-0.2, -0.15) is 0 Å². The lowest BCUT2D eigenvalue weighted by Crippen LogP contribution is -2.33. The topological polar surface area (TPSA) is 83.1 Å². The van der Waals surface area contributed by atoms with E-state index in [1.165, 1.54) is 0 Å². The van der Waals surface area contributed by atoms with Crippen molar-refractivity contribution in [2.45, 2.75) is 38.7 Å². The summed E-state index contributed by atoms with van der Waals surface area (Å²) >= 11 is 0. The number of Topliss-reactive ketones (excluding diaryl/α,β-unsaturated/α-hetero) is 1. The Balaban J connectivity index is 1.69. The highest BCUT2D eigenvalue weighted by molar-refractivity contribution is 6.02. The Hall–Kier alpha value is -3.22. The van der Waals surface area contributed by atoms with Crippen molar-refractivity contribution in [3.8, 4) is 28.4 Å². The quantitative estimate of drug-likeness (QED) is 0.623. The molecule has 1 fully saturated rings. The van der Waals surface area contributed by atoms with E-state index in [-0.39, 0.29) is 24.4 Å². The molecule has 7 nitrogen and oxygen atoms in total. The van der Waals surface area contributed by atoms with E-state index in [0.717, 1.165) is 35.1 Å². The fourth-order valence-electron chi connectivity index (χ4n) is 4.22. The molecule has 0 spiro atoms. The Labute approximate surface area is 188 Å². The molecule has 2 aromatic rings. The smallest absolute Gasteiger partial charge is 0.407 e. The number of nitrogens with one attached hydrogen (secondary N) is 1. The van der Waals surface area contributed by atoms with Crippen LogP contribution in [0.4, 0.5) is 4.79 Å². The minimum absolute atomic E-state index is 0.161. The molecule has 0 bridgehead atoms. The van der Waals surface area contributed by atoms with Crippen LogP contribution in [0.2, 0.25) is 0 Å². The molecule has 0 aromatic heterocycles. The molecule has 1 unspecified atom stereocenters. The van der Waals surface area contributed by atoms with Crippen LogP contribution in [0, 0.1) is 5.92 Å². The van der Waals surface area contributed by atoms with Crippen LogP contribution >= 0.6 is 0 Å². The third-order valence-corrected chi connectivity index (χ3v) is 5.99.